The summed E-state index contributed by atoms with van der Waals surface area (Å²) in [6, 6.07) is 6.05. The maximum atomic E-state index is 6.09. The molecule has 1 heterocycles. The summed E-state index contributed by atoms with van der Waals surface area (Å²) >= 11 is 7.62. The van der Waals surface area contributed by atoms with Gasteiger partial charge in [0.2, 0.25) is 0 Å². The van der Waals surface area contributed by atoms with E-state index in [1.165, 1.54) is 17.3 Å². The van der Waals surface area contributed by atoms with Crippen molar-refractivity contribution in [3.05, 3.63) is 46.7 Å². The minimum atomic E-state index is 0.162. The highest BCUT2D eigenvalue weighted by molar-refractivity contribution is 7.99. The van der Waals surface area contributed by atoms with Crippen molar-refractivity contribution < 1.29 is 0 Å². The molecule has 106 valence electrons. The predicted molar refractivity (Wildman–Crippen MR) is 84.3 cm³/mol. The van der Waals surface area contributed by atoms with Gasteiger partial charge in [0.15, 0.2) is 5.16 Å². The SMILES string of the molecule is CCC(N)Cc1ccc(Cl)cc1Sc1ncc(C)cn1. The number of benzene rings is 1. The Labute approximate surface area is 129 Å². The molecule has 0 amide bonds. The molecule has 1 aromatic carbocycles. The normalized spacial score (nSPS) is 12.4. The Morgan fingerprint density at radius 1 is 1.30 bits per heavy atom. The fraction of sp³-hybridized carbons (Fsp3) is 0.333. The molecule has 3 nitrogen and oxygen atoms in total. The monoisotopic (exact) mass is 307 g/mol. The molecule has 2 N–H and O–H groups in total. The number of halogens is 1. The van der Waals surface area contributed by atoms with E-state index in [-0.39, 0.29) is 6.04 Å². The van der Waals surface area contributed by atoms with Gasteiger partial charge in [-0.15, -0.1) is 0 Å². The second kappa shape index (κ2) is 7.07. The lowest BCUT2D eigenvalue weighted by molar-refractivity contribution is 0.641. The first-order valence-corrected chi connectivity index (χ1v) is 7.78. The third-order valence-corrected chi connectivity index (χ3v) is 4.22. The molecule has 0 saturated carbocycles. The Morgan fingerprint density at radius 3 is 2.65 bits per heavy atom. The zero-order valence-corrected chi connectivity index (χ0v) is 13.2. The van der Waals surface area contributed by atoms with Crippen LogP contribution in [0.3, 0.4) is 0 Å². The third-order valence-electron chi connectivity index (χ3n) is 2.99. The maximum absolute atomic E-state index is 6.09. The molecule has 1 unspecified atom stereocenters. The van der Waals surface area contributed by atoms with Gasteiger partial charge in [0.05, 0.1) is 0 Å². The number of rotatable bonds is 5. The lowest BCUT2D eigenvalue weighted by Crippen LogP contribution is -2.21. The largest absolute Gasteiger partial charge is 0.327 e. The summed E-state index contributed by atoms with van der Waals surface area (Å²) in [5.74, 6) is 0. The number of aromatic nitrogens is 2. The van der Waals surface area contributed by atoms with Gasteiger partial charge in [-0.3, -0.25) is 0 Å². The van der Waals surface area contributed by atoms with E-state index < -0.39 is 0 Å². The van der Waals surface area contributed by atoms with E-state index in [2.05, 4.69) is 16.9 Å². The van der Waals surface area contributed by atoms with Gasteiger partial charge >= 0.3 is 0 Å². The predicted octanol–water partition coefficient (Wildman–Crippen LogP) is 3.87. The van der Waals surface area contributed by atoms with Gasteiger partial charge < -0.3 is 5.73 Å². The van der Waals surface area contributed by atoms with Gasteiger partial charge in [0, 0.05) is 28.4 Å². The molecular weight excluding hydrogens is 290 g/mol. The minimum absolute atomic E-state index is 0.162. The summed E-state index contributed by atoms with van der Waals surface area (Å²) < 4.78 is 0. The van der Waals surface area contributed by atoms with Crippen LogP contribution in [0, 0.1) is 6.92 Å². The molecule has 20 heavy (non-hydrogen) atoms. The van der Waals surface area contributed by atoms with Crippen molar-refractivity contribution in [2.75, 3.05) is 0 Å². The molecule has 0 aliphatic carbocycles. The standard InChI is InChI=1S/C15H18ClN3S/c1-3-13(17)6-11-4-5-12(16)7-14(11)20-15-18-8-10(2)9-19-15/h4-5,7-9,13H,3,6,17H2,1-2H3. The summed E-state index contributed by atoms with van der Waals surface area (Å²) in [5, 5.41) is 1.44. The van der Waals surface area contributed by atoms with E-state index in [0.29, 0.717) is 5.02 Å². The fourth-order valence-electron chi connectivity index (χ4n) is 1.75. The Bertz CT molecular complexity index is 572. The molecule has 1 atom stereocenters. The number of hydrogen-bond donors (Lipinski definition) is 1. The van der Waals surface area contributed by atoms with Crippen molar-refractivity contribution >= 4 is 23.4 Å². The lowest BCUT2D eigenvalue weighted by atomic mass is 10.1. The quantitative estimate of drug-likeness (QED) is 0.852. The van der Waals surface area contributed by atoms with Crippen LogP contribution in [0.5, 0.6) is 0 Å². The molecule has 0 spiro atoms. The van der Waals surface area contributed by atoms with Crippen LogP contribution in [0.1, 0.15) is 24.5 Å². The highest BCUT2D eigenvalue weighted by Gasteiger charge is 2.10. The molecule has 0 radical (unpaired) electrons. The van der Waals surface area contributed by atoms with Crippen molar-refractivity contribution in [3.63, 3.8) is 0 Å². The number of hydrogen-bond acceptors (Lipinski definition) is 4. The van der Waals surface area contributed by atoms with Gasteiger partial charge in [-0.2, -0.15) is 0 Å². The fourth-order valence-corrected chi connectivity index (χ4v) is 2.86. The summed E-state index contributed by atoms with van der Waals surface area (Å²) in [6.07, 6.45) is 5.42. The highest BCUT2D eigenvalue weighted by atomic mass is 35.5. The summed E-state index contributed by atoms with van der Waals surface area (Å²) in [5.41, 5.74) is 8.29. The molecule has 0 saturated heterocycles. The topological polar surface area (TPSA) is 51.8 Å². The van der Waals surface area contributed by atoms with Crippen molar-refractivity contribution in [1.82, 2.24) is 9.97 Å². The van der Waals surface area contributed by atoms with Crippen LogP contribution in [-0.2, 0) is 6.42 Å². The molecule has 1 aromatic heterocycles. The maximum Gasteiger partial charge on any atom is 0.192 e. The molecule has 2 rings (SSSR count). The van der Waals surface area contributed by atoms with Gasteiger partial charge in [-0.1, -0.05) is 24.6 Å². The third kappa shape index (κ3) is 4.20. The van der Waals surface area contributed by atoms with Crippen molar-refractivity contribution in [1.29, 1.82) is 0 Å². The van der Waals surface area contributed by atoms with Crippen LogP contribution in [0.2, 0.25) is 5.02 Å². The van der Waals surface area contributed by atoms with Crippen molar-refractivity contribution in [3.8, 4) is 0 Å². The van der Waals surface area contributed by atoms with Crippen LogP contribution >= 0.6 is 23.4 Å². The Hall–Kier alpha value is -1.10. The number of nitrogens with zero attached hydrogens (tertiary/aromatic N) is 2. The van der Waals surface area contributed by atoms with E-state index >= 15 is 0 Å². The second-order valence-corrected chi connectivity index (χ2v) is 6.22. The minimum Gasteiger partial charge on any atom is -0.327 e. The average molecular weight is 308 g/mol. The van der Waals surface area contributed by atoms with Crippen LogP contribution in [0.25, 0.3) is 0 Å². The van der Waals surface area contributed by atoms with Crippen LogP contribution in [0.4, 0.5) is 0 Å². The molecular formula is C15H18ClN3S. The van der Waals surface area contributed by atoms with E-state index in [0.717, 1.165) is 28.5 Å². The average Bonchev–Trinajstić information content (AvgIpc) is 2.44. The Kier molecular flexibility index (Phi) is 5.40. The second-order valence-electron chi connectivity index (χ2n) is 4.77. The lowest BCUT2D eigenvalue weighted by Gasteiger charge is -2.13. The van der Waals surface area contributed by atoms with Crippen LogP contribution in [-0.4, -0.2) is 16.0 Å². The summed E-state index contributed by atoms with van der Waals surface area (Å²) in [4.78, 5) is 9.72. The van der Waals surface area contributed by atoms with E-state index in [1.54, 1.807) is 0 Å². The van der Waals surface area contributed by atoms with Crippen molar-refractivity contribution in [2.45, 2.75) is 42.8 Å². The zero-order valence-electron chi connectivity index (χ0n) is 11.6. The summed E-state index contributed by atoms with van der Waals surface area (Å²) in [6.45, 7) is 4.07. The number of aryl methyl sites for hydroxylation is 1. The van der Waals surface area contributed by atoms with Crippen LogP contribution < -0.4 is 5.73 Å². The van der Waals surface area contributed by atoms with Gasteiger partial charge in [0.25, 0.3) is 0 Å². The molecule has 0 aliphatic heterocycles. The molecule has 0 aliphatic rings. The molecule has 2 aromatic rings. The summed E-state index contributed by atoms with van der Waals surface area (Å²) in [7, 11) is 0. The number of nitrogens with two attached hydrogens (primary N) is 1. The van der Waals surface area contributed by atoms with E-state index in [4.69, 9.17) is 17.3 Å². The van der Waals surface area contributed by atoms with Gasteiger partial charge in [-0.25, -0.2) is 9.97 Å². The molecule has 0 fully saturated rings. The highest BCUT2D eigenvalue weighted by Crippen LogP contribution is 2.31. The van der Waals surface area contributed by atoms with E-state index in [9.17, 15) is 0 Å². The van der Waals surface area contributed by atoms with Crippen molar-refractivity contribution in [2.24, 2.45) is 5.73 Å². The zero-order chi connectivity index (χ0) is 14.5. The Morgan fingerprint density at radius 2 is 2.00 bits per heavy atom. The van der Waals surface area contributed by atoms with Gasteiger partial charge in [-0.05, 0) is 54.8 Å². The molecule has 5 heteroatoms. The van der Waals surface area contributed by atoms with Crippen LogP contribution in [0.15, 0.2) is 40.6 Å². The first-order chi connectivity index (χ1) is 9.58. The first-order valence-electron chi connectivity index (χ1n) is 6.59. The molecule has 0 bridgehead atoms. The Balaban J connectivity index is 2.24. The van der Waals surface area contributed by atoms with Gasteiger partial charge in [0.1, 0.15) is 0 Å². The first kappa shape index (κ1) is 15.3. The van der Waals surface area contributed by atoms with E-state index in [1.807, 2.05) is 37.5 Å². The smallest absolute Gasteiger partial charge is 0.192 e.